The molecule has 1 saturated carbocycles. The molecular weight excluding hydrogens is 258 g/mol. The zero-order valence-corrected chi connectivity index (χ0v) is 11.5. The number of rotatable bonds is 4. The van der Waals surface area contributed by atoms with E-state index in [-0.39, 0.29) is 0 Å². The zero-order chi connectivity index (χ0) is 13.1. The summed E-state index contributed by atoms with van der Waals surface area (Å²) in [5.74, 6) is 1.75. The molecule has 0 saturated heterocycles. The van der Waals surface area contributed by atoms with Gasteiger partial charge in [0.2, 0.25) is 0 Å². The van der Waals surface area contributed by atoms with Crippen LogP contribution in [0.15, 0.2) is 30.3 Å². The molecule has 0 amide bonds. The van der Waals surface area contributed by atoms with Crippen LogP contribution in [-0.2, 0) is 6.61 Å². The molecular formula is C14H17N3OS. The summed E-state index contributed by atoms with van der Waals surface area (Å²) in [5.41, 5.74) is 0. The van der Waals surface area contributed by atoms with E-state index in [9.17, 15) is 0 Å². The smallest absolute Gasteiger partial charge is 0.195 e. The number of para-hydroxylation sites is 1. The molecule has 0 unspecified atom stereocenters. The van der Waals surface area contributed by atoms with Crippen LogP contribution < -0.4 is 4.74 Å². The van der Waals surface area contributed by atoms with Crippen molar-refractivity contribution in [1.29, 1.82) is 0 Å². The predicted octanol–water partition coefficient (Wildman–Crippen LogP) is 3.63. The van der Waals surface area contributed by atoms with Crippen molar-refractivity contribution >= 4 is 12.2 Å². The van der Waals surface area contributed by atoms with Gasteiger partial charge >= 0.3 is 0 Å². The quantitative estimate of drug-likeness (QED) is 0.866. The van der Waals surface area contributed by atoms with Gasteiger partial charge in [-0.15, -0.1) is 0 Å². The minimum absolute atomic E-state index is 0.452. The van der Waals surface area contributed by atoms with Crippen LogP contribution in [0.5, 0.6) is 5.75 Å². The van der Waals surface area contributed by atoms with E-state index in [2.05, 4.69) is 14.8 Å². The van der Waals surface area contributed by atoms with Crippen molar-refractivity contribution in [2.45, 2.75) is 38.3 Å². The maximum atomic E-state index is 5.76. The number of hydrogen-bond acceptors (Lipinski definition) is 3. The number of benzene rings is 1. The summed E-state index contributed by atoms with van der Waals surface area (Å²) in [6.07, 6.45) is 4.92. The maximum Gasteiger partial charge on any atom is 0.195 e. The SMILES string of the molecule is S=c1[nH]nc(COc2ccccc2)n1C1CCCC1. The van der Waals surface area contributed by atoms with Gasteiger partial charge in [-0.25, -0.2) is 0 Å². The van der Waals surface area contributed by atoms with E-state index in [1.807, 2.05) is 30.3 Å². The van der Waals surface area contributed by atoms with Crippen LogP contribution in [0.1, 0.15) is 37.5 Å². The van der Waals surface area contributed by atoms with Gasteiger partial charge in [-0.2, -0.15) is 5.10 Å². The summed E-state index contributed by atoms with van der Waals surface area (Å²) < 4.78 is 8.59. The fourth-order valence-corrected chi connectivity index (χ4v) is 2.94. The topological polar surface area (TPSA) is 42.8 Å². The Morgan fingerprint density at radius 1 is 1.26 bits per heavy atom. The number of nitrogens with zero attached hydrogens (tertiary/aromatic N) is 2. The second-order valence-corrected chi connectivity index (χ2v) is 5.24. The minimum Gasteiger partial charge on any atom is -0.486 e. The summed E-state index contributed by atoms with van der Waals surface area (Å²) in [6, 6.07) is 10.3. The van der Waals surface area contributed by atoms with Gasteiger partial charge in [-0.05, 0) is 37.2 Å². The van der Waals surface area contributed by atoms with Gasteiger partial charge in [0, 0.05) is 6.04 Å². The van der Waals surface area contributed by atoms with E-state index in [0.717, 1.165) is 11.6 Å². The van der Waals surface area contributed by atoms with Gasteiger partial charge in [-0.3, -0.25) is 9.67 Å². The summed E-state index contributed by atoms with van der Waals surface area (Å²) in [7, 11) is 0. The summed E-state index contributed by atoms with van der Waals surface area (Å²) in [4.78, 5) is 0. The van der Waals surface area contributed by atoms with Crippen molar-refractivity contribution in [2.24, 2.45) is 0 Å². The standard InChI is InChI=1S/C14H17N3OS/c19-14-16-15-13(17(14)11-6-4-5-7-11)10-18-12-8-2-1-3-9-12/h1-3,8-9,11H,4-7,10H2,(H,16,19). The molecule has 1 fully saturated rings. The molecule has 5 heteroatoms. The minimum atomic E-state index is 0.452. The fourth-order valence-electron chi connectivity index (χ4n) is 2.64. The van der Waals surface area contributed by atoms with E-state index in [0.29, 0.717) is 17.4 Å². The molecule has 100 valence electrons. The van der Waals surface area contributed by atoms with Crippen LogP contribution >= 0.6 is 12.2 Å². The molecule has 1 aromatic heterocycles. The predicted molar refractivity (Wildman–Crippen MR) is 75.7 cm³/mol. The highest BCUT2D eigenvalue weighted by Crippen LogP contribution is 2.30. The normalized spacial score (nSPS) is 15.8. The van der Waals surface area contributed by atoms with Crippen molar-refractivity contribution in [2.75, 3.05) is 0 Å². The largest absolute Gasteiger partial charge is 0.486 e. The third-order valence-electron chi connectivity index (χ3n) is 3.58. The highest BCUT2D eigenvalue weighted by molar-refractivity contribution is 7.71. The number of H-pyrrole nitrogens is 1. The monoisotopic (exact) mass is 275 g/mol. The second-order valence-electron chi connectivity index (χ2n) is 4.85. The lowest BCUT2D eigenvalue weighted by Crippen LogP contribution is -2.11. The number of nitrogens with one attached hydrogen (secondary N) is 1. The van der Waals surface area contributed by atoms with Crippen LogP contribution in [0, 0.1) is 4.77 Å². The molecule has 0 aliphatic heterocycles. The Labute approximate surface area is 117 Å². The molecule has 1 N–H and O–H groups in total. The molecule has 1 aromatic carbocycles. The third kappa shape index (κ3) is 2.71. The molecule has 4 nitrogen and oxygen atoms in total. The van der Waals surface area contributed by atoms with Crippen molar-refractivity contribution < 1.29 is 4.74 Å². The first kappa shape index (κ1) is 12.4. The van der Waals surface area contributed by atoms with Gasteiger partial charge < -0.3 is 4.74 Å². The molecule has 1 aliphatic rings. The average Bonchev–Trinajstić information content (AvgIpc) is 3.07. The van der Waals surface area contributed by atoms with E-state index in [4.69, 9.17) is 17.0 Å². The van der Waals surface area contributed by atoms with Crippen LogP contribution in [-0.4, -0.2) is 14.8 Å². The average molecular weight is 275 g/mol. The number of aromatic amines is 1. The third-order valence-corrected chi connectivity index (χ3v) is 3.87. The second kappa shape index (κ2) is 5.57. The number of ether oxygens (including phenoxy) is 1. The van der Waals surface area contributed by atoms with Crippen LogP contribution in [0.3, 0.4) is 0 Å². The van der Waals surface area contributed by atoms with Gasteiger partial charge in [0.05, 0.1) is 0 Å². The van der Waals surface area contributed by atoms with Gasteiger partial charge in [0.15, 0.2) is 10.6 Å². The van der Waals surface area contributed by atoms with Crippen molar-refractivity contribution in [1.82, 2.24) is 14.8 Å². The Morgan fingerprint density at radius 3 is 2.74 bits per heavy atom. The van der Waals surface area contributed by atoms with Crippen molar-refractivity contribution in [3.63, 3.8) is 0 Å². The van der Waals surface area contributed by atoms with Crippen molar-refractivity contribution in [3.8, 4) is 5.75 Å². The lowest BCUT2D eigenvalue weighted by molar-refractivity contribution is 0.283. The Morgan fingerprint density at radius 2 is 2.00 bits per heavy atom. The Hall–Kier alpha value is -1.62. The molecule has 0 radical (unpaired) electrons. The molecule has 2 aromatic rings. The van der Waals surface area contributed by atoms with Crippen LogP contribution in [0.25, 0.3) is 0 Å². The van der Waals surface area contributed by atoms with Crippen LogP contribution in [0.2, 0.25) is 0 Å². The molecule has 1 aliphatic carbocycles. The molecule has 1 heterocycles. The van der Waals surface area contributed by atoms with Gasteiger partial charge in [0.1, 0.15) is 12.4 Å². The van der Waals surface area contributed by atoms with E-state index < -0.39 is 0 Å². The Balaban J connectivity index is 1.76. The van der Waals surface area contributed by atoms with E-state index in [1.54, 1.807) is 0 Å². The number of aromatic nitrogens is 3. The zero-order valence-electron chi connectivity index (χ0n) is 10.7. The van der Waals surface area contributed by atoms with E-state index >= 15 is 0 Å². The first-order valence-electron chi connectivity index (χ1n) is 6.68. The summed E-state index contributed by atoms with van der Waals surface area (Å²) >= 11 is 5.33. The molecule has 3 rings (SSSR count). The van der Waals surface area contributed by atoms with Gasteiger partial charge in [-0.1, -0.05) is 31.0 Å². The lowest BCUT2D eigenvalue weighted by atomic mass is 10.2. The van der Waals surface area contributed by atoms with E-state index in [1.165, 1.54) is 25.7 Å². The lowest BCUT2D eigenvalue weighted by Gasteiger charge is -2.14. The first-order valence-corrected chi connectivity index (χ1v) is 7.09. The Bertz CT molecular complexity index is 584. The van der Waals surface area contributed by atoms with Crippen molar-refractivity contribution in [3.05, 3.63) is 40.9 Å². The maximum absolute atomic E-state index is 5.76. The fraction of sp³-hybridized carbons (Fsp3) is 0.429. The molecule has 0 atom stereocenters. The molecule has 0 spiro atoms. The first-order chi connectivity index (χ1) is 9.34. The number of hydrogen-bond donors (Lipinski definition) is 1. The summed E-state index contributed by atoms with van der Waals surface area (Å²) in [5, 5.41) is 7.18. The highest BCUT2D eigenvalue weighted by atomic mass is 32.1. The highest BCUT2D eigenvalue weighted by Gasteiger charge is 2.21. The Kier molecular flexibility index (Phi) is 3.64. The molecule has 19 heavy (non-hydrogen) atoms. The van der Waals surface area contributed by atoms with Gasteiger partial charge in [0.25, 0.3) is 0 Å². The summed E-state index contributed by atoms with van der Waals surface area (Å²) in [6.45, 7) is 0.452. The molecule has 0 bridgehead atoms. The van der Waals surface area contributed by atoms with Crippen LogP contribution in [0.4, 0.5) is 0 Å².